The summed E-state index contributed by atoms with van der Waals surface area (Å²) in [6.07, 6.45) is 2.65. The molecule has 23 heavy (non-hydrogen) atoms. The minimum atomic E-state index is 0.477. The molecule has 2 aromatic heterocycles. The van der Waals surface area contributed by atoms with Gasteiger partial charge in [-0.25, -0.2) is 9.97 Å². The first-order chi connectivity index (χ1) is 11.4. The highest BCUT2D eigenvalue weighted by Crippen LogP contribution is 2.31. The van der Waals surface area contributed by atoms with Crippen LogP contribution in [0, 0.1) is 5.92 Å². The summed E-state index contributed by atoms with van der Waals surface area (Å²) >= 11 is 1.61. The second kappa shape index (κ2) is 6.52. The number of ether oxygens (including phenoxy) is 2. The van der Waals surface area contributed by atoms with Crippen LogP contribution < -0.4 is 10.1 Å². The minimum absolute atomic E-state index is 0.477. The maximum atomic E-state index is 6.00. The Morgan fingerprint density at radius 1 is 1.26 bits per heavy atom. The third-order valence-electron chi connectivity index (χ3n) is 3.90. The zero-order valence-electron chi connectivity index (χ0n) is 12.6. The van der Waals surface area contributed by atoms with Gasteiger partial charge in [0.15, 0.2) is 0 Å². The van der Waals surface area contributed by atoms with E-state index in [2.05, 4.69) is 15.3 Å². The van der Waals surface area contributed by atoms with E-state index in [0.29, 0.717) is 12.5 Å². The summed E-state index contributed by atoms with van der Waals surface area (Å²) in [4.78, 5) is 9.61. The standard InChI is InChI=1S/C17H17N3O2S/c1-2-4-15(22-10-12-5-7-21-9-12)14(3-1)20-16-13-6-8-23-17(13)19-11-18-16/h1-4,6,8,11-12H,5,7,9-10H2,(H,18,19,20). The maximum absolute atomic E-state index is 6.00. The fourth-order valence-corrected chi connectivity index (χ4v) is 3.37. The van der Waals surface area contributed by atoms with Crippen molar-refractivity contribution in [3.63, 3.8) is 0 Å². The lowest BCUT2D eigenvalue weighted by atomic mass is 10.1. The van der Waals surface area contributed by atoms with E-state index in [1.165, 1.54) is 0 Å². The van der Waals surface area contributed by atoms with Crippen molar-refractivity contribution in [2.24, 2.45) is 5.92 Å². The summed E-state index contributed by atoms with van der Waals surface area (Å²) in [5, 5.41) is 6.42. The molecule has 0 aliphatic carbocycles. The molecule has 118 valence electrons. The van der Waals surface area contributed by atoms with E-state index in [0.717, 1.165) is 47.1 Å². The molecule has 1 N–H and O–H groups in total. The molecule has 0 radical (unpaired) electrons. The average Bonchev–Trinajstić information content (AvgIpc) is 3.26. The minimum Gasteiger partial charge on any atom is -0.491 e. The van der Waals surface area contributed by atoms with E-state index >= 15 is 0 Å². The molecule has 6 heteroatoms. The van der Waals surface area contributed by atoms with Crippen LogP contribution in [0.15, 0.2) is 42.0 Å². The number of hydrogen-bond donors (Lipinski definition) is 1. The second-order valence-electron chi connectivity index (χ2n) is 5.52. The largest absolute Gasteiger partial charge is 0.491 e. The molecular formula is C17H17N3O2S. The predicted octanol–water partition coefficient (Wildman–Crippen LogP) is 3.85. The van der Waals surface area contributed by atoms with E-state index in [1.54, 1.807) is 17.7 Å². The molecule has 0 amide bonds. The Labute approximate surface area is 138 Å². The smallest absolute Gasteiger partial charge is 0.142 e. The average molecular weight is 327 g/mol. The Balaban J connectivity index is 1.55. The van der Waals surface area contributed by atoms with E-state index < -0.39 is 0 Å². The highest BCUT2D eigenvalue weighted by Gasteiger charge is 2.17. The Morgan fingerprint density at radius 3 is 3.13 bits per heavy atom. The monoisotopic (exact) mass is 327 g/mol. The fraction of sp³-hybridized carbons (Fsp3) is 0.294. The number of fused-ring (bicyclic) bond motifs is 1. The van der Waals surface area contributed by atoms with Gasteiger partial charge in [0, 0.05) is 12.5 Å². The van der Waals surface area contributed by atoms with Crippen molar-refractivity contribution in [3.05, 3.63) is 42.0 Å². The van der Waals surface area contributed by atoms with Crippen molar-refractivity contribution >= 4 is 33.1 Å². The van der Waals surface area contributed by atoms with Crippen LogP contribution in [0.2, 0.25) is 0 Å². The van der Waals surface area contributed by atoms with Crippen molar-refractivity contribution < 1.29 is 9.47 Å². The van der Waals surface area contributed by atoms with Crippen LogP contribution >= 0.6 is 11.3 Å². The molecule has 0 bridgehead atoms. The highest BCUT2D eigenvalue weighted by molar-refractivity contribution is 7.16. The van der Waals surface area contributed by atoms with Crippen molar-refractivity contribution in [1.29, 1.82) is 0 Å². The molecule has 1 aliphatic rings. The molecule has 4 rings (SSSR count). The van der Waals surface area contributed by atoms with E-state index in [1.807, 2.05) is 35.7 Å². The molecule has 1 aliphatic heterocycles. The third kappa shape index (κ3) is 3.13. The summed E-state index contributed by atoms with van der Waals surface area (Å²) in [5.41, 5.74) is 0.914. The van der Waals surface area contributed by atoms with Crippen LogP contribution in [0.25, 0.3) is 10.2 Å². The number of nitrogens with zero attached hydrogens (tertiary/aromatic N) is 2. The number of rotatable bonds is 5. The molecule has 0 spiro atoms. The van der Waals surface area contributed by atoms with Crippen molar-refractivity contribution in [2.45, 2.75) is 6.42 Å². The van der Waals surface area contributed by atoms with Gasteiger partial charge >= 0.3 is 0 Å². The Kier molecular flexibility index (Phi) is 4.08. The van der Waals surface area contributed by atoms with Gasteiger partial charge in [-0.05, 0) is 30.0 Å². The number of anilines is 2. The van der Waals surface area contributed by atoms with Crippen LogP contribution in [-0.2, 0) is 4.74 Å². The van der Waals surface area contributed by atoms with E-state index in [-0.39, 0.29) is 0 Å². The first-order valence-corrected chi connectivity index (χ1v) is 8.53. The topological polar surface area (TPSA) is 56.3 Å². The second-order valence-corrected chi connectivity index (χ2v) is 6.42. The zero-order valence-corrected chi connectivity index (χ0v) is 13.4. The summed E-state index contributed by atoms with van der Waals surface area (Å²) in [6, 6.07) is 9.97. The van der Waals surface area contributed by atoms with Crippen molar-refractivity contribution in [3.8, 4) is 5.75 Å². The first-order valence-electron chi connectivity index (χ1n) is 7.65. The number of thiophene rings is 1. The lowest BCUT2D eigenvalue weighted by molar-refractivity contribution is 0.167. The van der Waals surface area contributed by atoms with Gasteiger partial charge in [0.05, 0.1) is 24.3 Å². The van der Waals surface area contributed by atoms with Gasteiger partial charge in [-0.15, -0.1) is 11.3 Å². The number of hydrogen-bond acceptors (Lipinski definition) is 6. The van der Waals surface area contributed by atoms with Crippen LogP contribution in [-0.4, -0.2) is 29.8 Å². The SMILES string of the molecule is c1ccc(OCC2CCOC2)c(Nc2ncnc3sccc23)c1. The quantitative estimate of drug-likeness (QED) is 0.771. The maximum Gasteiger partial charge on any atom is 0.142 e. The number of aromatic nitrogens is 2. The van der Waals surface area contributed by atoms with E-state index in [4.69, 9.17) is 9.47 Å². The normalized spacial score (nSPS) is 17.5. The zero-order chi connectivity index (χ0) is 15.5. The summed E-state index contributed by atoms with van der Waals surface area (Å²) in [7, 11) is 0. The van der Waals surface area contributed by atoms with Gasteiger partial charge in [0.2, 0.25) is 0 Å². The van der Waals surface area contributed by atoms with Crippen LogP contribution in [0.5, 0.6) is 5.75 Å². The van der Waals surface area contributed by atoms with Gasteiger partial charge in [0.25, 0.3) is 0 Å². The molecule has 3 heterocycles. The number of nitrogens with one attached hydrogen (secondary N) is 1. The lowest BCUT2D eigenvalue weighted by Crippen LogP contribution is -2.12. The molecular weight excluding hydrogens is 310 g/mol. The molecule has 1 unspecified atom stereocenters. The van der Waals surface area contributed by atoms with Crippen LogP contribution in [0.4, 0.5) is 11.5 Å². The van der Waals surface area contributed by atoms with Crippen molar-refractivity contribution in [2.75, 3.05) is 25.1 Å². The molecule has 1 atom stereocenters. The van der Waals surface area contributed by atoms with Gasteiger partial charge in [-0.3, -0.25) is 0 Å². The predicted molar refractivity (Wildman–Crippen MR) is 91.6 cm³/mol. The molecule has 1 aromatic carbocycles. The molecule has 1 fully saturated rings. The highest BCUT2D eigenvalue weighted by atomic mass is 32.1. The summed E-state index contributed by atoms with van der Waals surface area (Å²) < 4.78 is 11.4. The Bertz CT molecular complexity index is 799. The van der Waals surface area contributed by atoms with Crippen LogP contribution in [0.1, 0.15) is 6.42 Å². The summed E-state index contributed by atoms with van der Waals surface area (Å²) in [6.45, 7) is 2.30. The summed E-state index contributed by atoms with van der Waals surface area (Å²) in [5.74, 6) is 2.11. The van der Waals surface area contributed by atoms with Crippen molar-refractivity contribution in [1.82, 2.24) is 9.97 Å². The van der Waals surface area contributed by atoms with Gasteiger partial charge in [-0.2, -0.15) is 0 Å². The van der Waals surface area contributed by atoms with Crippen LogP contribution in [0.3, 0.4) is 0 Å². The first kappa shape index (κ1) is 14.4. The van der Waals surface area contributed by atoms with E-state index in [9.17, 15) is 0 Å². The van der Waals surface area contributed by atoms with Gasteiger partial charge in [0.1, 0.15) is 22.7 Å². The van der Waals surface area contributed by atoms with Gasteiger partial charge in [-0.1, -0.05) is 12.1 Å². The Morgan fingerprint density at radius 2 is 2.22 bits per heavy atom. The third-order valence-corrected chi connectivity index (χ3v) is 4.72. The number of benzene rings is 1. The molecule has 1 saturated heterocycles. The Hall–Kier alpha value is -2.18. The fourth-order valence-electron chi connectivity index (χ4n) is 2.64. The molecule has 5 nitrogen and oxygen atoms in total. The van der Waals surface area contributed by atoms with Gasteiger partial charge < -0.3 is 14.8 Å². The number of para-hydroxylation sites is 2. The lowest BCUT2D eigenvalue weighted by Gasteiger charge is -2.15. The molecule has 3 aromatic rings. The molecule has 0 saturated carbocycles.